The van der Waals surface area contributed by atoms with Crippen LogP contribution >= 0.6 is 23.2 Å². The van der Waals surface area contributed by atoms with E-state index in [0.717, 1.165) is 42.0 Å². The standard InChI is InChI=1S/C17H21Cl2NO/c1-4-7-20-12(3)9-13-5-6-17(21-13)14-10-15(18)11(2)8-16(14)19/h5-6,8,10,12,20H,4,7,9H2,1-3H3. The van der Waals surface area contributed by atoms with Crippen LogP contribution in [0.4, 0.5) is 0 Å². The first-order valence-electron chi connectivity index (χ1n) is 7.29. The third kappa shape index (κ3) is 4.26. The van der Waals surface area contributed by atoms with Crippen LogP contribution in [0.5, 0.6) is 0 Å². The highest BCUT2D eigenvalue weighted by Crippen LogP contribution is 2.33. The first-order chi connectivity index (χ1) is 10.0. The Morgan fingerprint density at radius 1 is 1.19 bits per heavy atom. The van der Waals surface area contributed by atoms with Gasteiger partial charge in [0.1, 0.15) is 11.5 Å². The largest absolute Gasteiger partial charge is 0.461 e. The van der Waals surface area contributed by atoms with Gasteiger partial charge in [-0.1, -0.05) is 30.1 Å². The van der Waals surface area contributed by atoms with Gasteiger partial charge in [-0.2, -0.15) is 0 Å². The molecule has 1 unspecified atom stereocenters. The van der Waals surface area contributed by atoms with E-state index >= 15 is 0 Å². The van der Waals surface area contributed by atoms with Crippen molar-refractivity contribution in [3.8, 4) is 11.3 Å². The van der Waals surface area contributed by atoms with Crippen molar-refractivity contribution in [3.05, 3.63) is 45.6 Å². The summed E-state index contributed by atoms with van der Waals surface area (Å²) in [6, 6.07) is 8.08. The number of nitrogens with one attached hydrogen (secondary N) is 1. The second-order valence-electron chi connectivity index (χ2n) is 5.41. The van der Waals surface area contributed by atoms with Gasteiger partial charge in [-0.15, -0.1) is 0 Å². The van der Waals surface area contributed by atoms with Crippen LogP contribution in [0.2, 0.25) is 10.0 Å². The van der Waals surface area contributed by atoms with Gasteiger partial charge in [0.15, 0.2) is 0 Å². The fraction of sp³-hybridized carbons (Fsp3) is 0.412. The molecule has 2 rings (SSSR count). The molecule has 0 saturated carbocycles. The van der Waals surface area contributed by atoms with E-state index in [-0.39, 0.29) is 0 Å². The van der Waals surface area contributed by atoms with Crippen molar-refractivity contribution in [3.63, 3.8) is 0 Å². The summed E-state index contributed by atoms with van der Waals surface area (Å²) in [5.74, 6) is 1.72. The van der Waals surface area contributed by atoms with E-state index in [1.807, 2.05) is 31.2 Å². The molecule has 0 radical (unpaired) electrons. The lowest BCUT2D eigenvalue weighted by molar-refractivity contribution is 0.464. The van der Waals surface area contributed by atoms with Crippen LogP contribution in [0, 0.1) is 6.92 Å². The minimum Gasteiger partial charge on any atom is -0.461 e. The average molecular weight is 326 g/mol. The Morgan fingerprint density at radius 2 is 1.95 bits per heavy atom. The lowest BCUT2D eigenvalue weighted by Gasteiger charge is -2.11. The molecule has 2 nitrogen and oxygen atoms in total. The van der Waals surface area contributed by atoms with E-state index in [1.54, 1.807) is 0 Å². The Balaban J connectivity index is 2.15. The van der Waals surface area contributed by atoms with E-state index < -0.39 is 0 Å². The van der Waals surface area contributed by atoms with Gasteiger partial charge in [0.2, 0.25) is 0 Å². The highest BCUT2D eigenvalue weighted by Gasteiger charge is 2.12. The van der Waals surface area contributed by atoms with Crippen molar-refractivity contribution in [2.75, 3.05) is 6.54 Å². The van der Waals surface area contributed by atoms with Crippen molar-refractivity contribution >= 4 is 23.2 Å². The number of benzene rings is 1. The van der Waals surface area contributed by atoms with Gasteiger partial charge in [-0.3, -0.25) is 0 Å². The Bertz CT molecular complexity index is 607. The second-order valence-corrected chi connectivity index (χ2v) is 6.22. The highest BCUT2D eigenvalue weighted by molar-refractivity contribution is 6.35. The molecule has 2 aromatic rings. The summed E-state index contributed by atoms with van der Waals surface area (Å²) in [5.41, 5.74) is 1.81. The molecule has 0 aliphatic heterocycles. The number of furan rings is 1. The molecule has 1 aromatic heterocycles. The molecule has 0 aliphatic carbocycles. The molecule has 1 aromatic carbocycles. The quantitative estimate of drug-likeness (QED) is 0.759. The topological polar surface area (TPSA) is 25.2 Å². The van der Waals surface area contributed by atoms with Crippen molar-refractivity contribution in [2.45, 2.75) is 39.7 Å². The lowest BCUT2D eigenvalue weighted by Crippen LogP contribution is -2.28. The average Bonchev–Trinajstić information content (AvgIpc) is 2.88. The first-order valence-corrected chi connectivity index (χ1v) is 8.05. The predicted octanol–water partition coefficient (Wildman–Crippen LogP) is 5.49. The summed E-state index contributed by atoms with van der Waals surface area (Å²) in [7, 11) is 0. The van der Waals surface area contributed by atoms with Crippen LogP contribution in [0.1, 0.15) is 31.6 Å². The zero-order valence-electron chi connectivity index (χ0n) is 12.7. The Labute approximate surface area is 136 Å². The van der Waals surface area contributed by atoms with Crippen molar-refractivity contribution < 1.29 is 4.42 Å². The van der Waals surface area contributed by atoms with Crippen LogP contribution in [0.3, 0.4) is 0 Å². The van der Waals surface area contributed by atoms with Gasteiger partial charge in [0.05, 0.1) is 5.02 Å². The van der Waals surface area contributed by atoms with Crippen LogP contribution in [0.15, 0.2) is 28.7 Å². The van der Waals surface area contributed by atoms with E-state index in [9.17, 15) is 0 Å². The smallest absolute Gasteiger partial charge is 0.135 e. The molecule has 1 heterocycles. The van der Waals surface area contributed by atoms with Crippen molar-refractivity contribution in [1.29, 1.82) is 0 Å². The summed E-state index contributed by atoms with van der Waals surface area (Å²) in [6.45, 7) is 7.28. The summed E-state index contributed by atoms with van der Waals surface area (Å²) in [6.07, 6.45) is 1.99. The second kappa shape index (κ2) is 7.35. The maximum atomic E-state index is 6.29. The summed E-state index contributed by atoms with van der Waals surface area (Å²) < 4.78 is 5.91. The number of aryl methyl sites for hydroxylation is 1. The Kier molecular flexibility index (Phi) is 5.74. The first kappa shape index (κ1) is 16.4. The fourth-order valence-corrected chi connectivity index (χ4v) is 2.71. The van der Waals surface area contributed by atoms with E-state index in [2.05, 4.69) is 19.2 Å². The van der Waals surface area contributed by atoms with Crippen LogP contribution in [0.25, 0.3) is 11.3 Å². The van der Waals surface area contributed by atoms with E-state index in [1.165, 1.54) is 0 Å². The molecular weight excluding hydrogens is 305 g/mol. The van der Waals surface area contributed by atoms with Gasteiger partial charge in [0.25, 0.3) is 0 Å². The molecule has 0 amide bonds. The zero-order valence-corrected chi connectivity index (χ0v) is 14.2. The van der Waals surface area contributed by atoms with Crippen LogP contribution in [-0.2, 0) is 6.42 Å². The molecule has 0 bridgehead atoms. The van der Waals surface area contributed by atoms with E-state index in [0.29, 0.717) is 16.1 Å². The minimum absolute atomic E-state index is 0.390. The molecule has 0 fully saturated rings. The number of hydrogen-bond acceptors (Lipinski definition) is 2. The molecule has 0 saturated heterocycles. The molecular formula is C17H21Cl2NO. The SMILES string of the molecule is CCCNC(C)Cc1ccc(-c2cc(Cl)c(C)cc2Cl)o1. The monoisotopic (exact) mass is 325 g/mol. The van der Waals surface area contributed by atoms with Gasteiger partial charge < -0.3 is 9.73 Å². The van der Waals surface area contributed by atoms with Crippen molar-refractivity contribution in [1.82, 2.24) is 5.32 Å². The molecule has 21 heavy (non-hydrogen) atoms. The molecule has 1 N–H and O–H groups in total. The van der Waals surface area contributed by atoms with Crippen molar-refractivity contribution in [2.24, 2.45) is 0 Å². The zero-order chi connectivity index (χ0) is 15.4. The summed E-state index contributed by atoms with van der Waals surface area (Å²) in [4.78, 5) is 0. The number of hydrogen-bond donors (Lipinski definition) is 1. The molecule has 0 spiro atoms. The third-order valence-corrected chi connectivity index (χ3v) is 4.15. The molecule has 1 atom stereocenters. The van der Waals surface area contributed by atoms with Gasteiger partial charge >= 0.3 is 0 Å². The van der Waals surface area contributed by atoms with Crippen LogP contribution in [-0.4, -0.2) is 12.6 Å². The van der Waals surface area contributed by atoms with E-state index in [4.69, 9.17) is 27.6 Å². The lowest BCUT2D eigenvalue weighted by atomic mass is 10.1. The highest BCUT2D eigenvalue weighted by atomic mass is 35.5. The third-order valence-electron chi connectivity index (χ3n) is 3.43. The Hall–Kier alpha value is -0.960. The predicted molar refractivity (Wildman–Crippen MR) is 90.4 cm³/mol. The summed E-state index contributed by atoms with van der Waals surface area (Å²) in [5, 5.41) is 4.81. The summed E-state index contributed by atoms with van der Waals surface area (Å²) >= 11 is 12.5. The maximum absolute atomic E-state index is 6.29. The molecule has 4 heteroatoms. The number of halogens is 2. The minimum atomic E-state index is 0.390. The normalized spacial score (nSPS) is 12.6. The molecule has 0 aliphatic rings. The van der Waals surface area contributed by atoms with Gasteiger partial charge in [-0.25, -0.2) is 0 Å². The number of rotatable bonds is 6. The fourth-order valence-electron chi connectivity index (χ4n) is 2.23. The van der Waals surface area contributed by atoms with Crippen LogP contribution < -0.4 is 5.32 Å². The molecule has 114 valence electrons. The maximum Gasteiger partial charge on any atom is 0.135 e. The Morgan fingerprint density at radius 3 is 2.67 bits per heavy atom. The van der Waals surface area contributed by atoms with Gasteiger partial charge in [-0.05, 0) is 56.6 Å². The van der Waals surface area contributed by atoms with Gasteiger partial charge in [0, 0.05) is 23.0 Å².